The van der Waals surface area contributed by atoms with E-state index in [1.54, 1.807) is 6.07 Å². The Kier molecular flexibility index (Phi) is 5.87. The molecule has 0 aliphatic heterocycles. The lowest BCUT2D eigenvalue weighted by molar-refractivity contribution is -0.137. The quantitative estimate of drug-likeness (QED) is 0.760. The van der Waals surface area contributed by atoms with Gasteiger partial charge in [-0.3, -0.25) is 0 Å². The number of hydrogen-bond acceptors (Lipinski definition) is 2. The highest BCUT2D eigenvalue weighted by Gasteiger charge is 2.33. The standard InChI is InChI=1S/C15H19F3N2/c1-11(2)5-3-4-8-20-13-6-7-14(15(16,17)18)12(9-13)10-19/h6-7,9,11,20H,3-5,8H2,1-2H3. The van der Waals surface area contributed by atoms with Gasteiger partial charge >= 0.3 is 6.18 Å². The van der Waals surface area contributed by atoms with E-state index in [2.05, 4.69) is 19.2 Å². The van der Waals surface area contributed by atoms with E-state index >= 15 is 0 Å². The van der Waals surface area contributed by atoms with Crippen molar-refractivity contribution >= 4 is 5.69 Å². The summed E-state index contributed by atoms with van der Waals surface area (Å²) in [4.78, 5) is 0. The lowest BCUT2D eigenvalue weighted by atomic mass is 10.1. The zero-order valence-electron chi connectivity index (χ0n) is 11.7. The van der Waals surface area contributed by atoms with Gasteiger partial charge in [0, 0.05) is 12.2 Å². The summed E-state index contributed by atoms with van der Waals surface area (Å²) in [5, 5.41) is 11.9. The first-order valence-electron chi connectivity index (χ1n) is 6.70. The minimum Gasteiger partial charge on any atom is -0.385 e. The number of unbranched alkanes of at least 4 members (excludes halogenated alkanes) is 1. The molecule has 1 aromatic rings. The number of hydrogen-bond donors (Lipinski definition) is 1. The third-order valence-corrected chi connectivity index (χ3v) is 2.98. The van der Waals surface area contributed by atoms with Gasteiger partial charge in [0.2, 0.25) is 0 Å². The molecular formula is C15H19F3N2. The minimum absolute atomic E-state index is 0.343. The summed E-state index contributed by atoms with van der Waals surface area (Å²) >= 11 is 0. The van der Waals surface area contributed by atoms with Crippen molar-refractivity contribution in [2.75, 3.05) is 11.9 Å². The number of nitrogens with zero attached hydrogens (tertiary/aromatic N) is 1. The number of halogens is 3. The Balaban J connectivity index is 2.59. The van der Waals surface area contributed by atoms with Gasteiger partial charge in [0.15, 0.2) is 0 Å². The molecule has 1 aromatic carbocycles. The van der Waals surface area contributed by atoms with Crippen LogP contribution in [0.5, 0.6) is 0 Å². The van der Waals surface area contributed by atoms with Crippen molar-refractivity contribution in [1.82, 2.24) is 0 Å². The average molecular weight is 284 g/mol. The van der Waals surface area contributed by atoms with Crippen LogP contribution in [0.3, 0.4) is 0 Å². The summed E-state index contributed by atoms with van der Waals surface area (Å²) in [6.45, 7) is 5.01. The van der Waals surface area contributed by atoms with Crippen LogP contribution in [-0.2, 0) is 6.18 Å². The molecule has 0 spiro atoms. The minimum atomic E-state index is -4.49. The van der Waals surface area contributed by atoms with Crippen LogP contribution in [-0.4, -0.2) is 6.54 Å². The van der Waals surface area contributed by atoms with Gasteiger partial charge in [-0.05, 0) is 30.5 Å². The number of nitriles is 1. The van der Waals surface area contributed by atoms with Crippen molar-refractivity contribution in [3.05, 3.63) is 29.3 Å². The molecule has 0 aromatic heterocycles. The molecule has 5 heteroatoms. The zero-order chi connectivity index (χ0) is 15.2. The van der Waals surface area contributed by atoms with Crippen LogP contribution in [0.4, 0.5) is 18.9 Å². The topological polar surface area (TPSA) is 35.8 Å². The van der Waals surface area contributed by atoms with Crippen LogP contribution >= 0.6 is 0 Å². The van der Waals surface area contributed by atoms with Crippen LogP contribution < -0.4 is 5.32 Å². The molecule has 0 unspecified atom stereocenters. The smallest absolute Gasteiger partial charge is 0.385 e. The van der Waals surface area contributed by atoms with Crippen LogP contribution in [0.2, 0.25) is 0 Å². The van der Waals surface area contributed by atoms with Gasteiger partial charge in [0.05, 0.1) is 17.2 Å². The number of benzene rings is 1. The molecule has 110 valence electrons. The monoisotopic (exact) mass is 284 g/mol. The zero-order valence-corrected chi connectivity index (χ0v) is 11.7. The molecule has 0 atom stereocenters. The van der Waals surface area contributed by atoms with Gasteiger partial charge < -0.3 is 5.32 Å². The van der Waals surface area contributed by atoms with Crippen LogP contribution in [0.25, 0.3) is 0 Å². The first-order chi connectivity index (χ1) is 9.34. The van der Waals surface area contributed by atoms with E-state index < -0.39 is 11.7 Å². The molecule has 0 heterocycles. The van der Waals surface area contributed by atoms with Gasteiger partial charge in [-0.15, -0.1) is 0 Å². The van der Waals surface area contributed by atoms with E-state index in [9.17, 15) is 13.2 Å². The first-order valence-corrected chi connectivity index (χ1v) is 6.70. The maximum absolute atomic E-state index is 12.6. The number of rotatable bonds is 6. The van der Waals surface area contributed by atoms with Crippen LogP contribution in [0.1, 0.15) is 44.2 Å². The van der Waals surface area contributed by atoms with E-state index in [0.29, 0.717) is 18.2 Å². The van der Waals surface area contributed by atoms with E-state index in [1.165, 1.54) is 12.1 Å². The van der Waals surface area contributed by atoms with E-state index in [4.69, 9.17) is 5.26 Å². The maximum Gasteiger partial charge on any atom is 0.417 e. The summed E-state index contributed by atoms with van der Waals surface area (Å²) in [5.74, 6) is 0.659. The van der Waals surface area contributed by atoms with Crippen LogP contribution in [0, 0.1) is 17.2 Å². The Hall–Kier alpha value is -1.70. The van der Waals surface area contributed by atoms with Crippen molar-refractivity contribution in [2.45, 2.75) is 39.3 Å². The van der Waals surface area contributed by atoms with Gasteiger partial charge in [-0.25, -0.2) is 0 Å². The Morgan fingerprint density at radius 1 is 1.25 bits per heavy atom. The average Bonchev–Trinajstić information content (AvgIpc) is 2.36. The first kappa shape index (κ1) is 16.4. The Morgan fingerprint density at radius 3 is 2.50 bits per heavy atom. The molecular weight excluding hydrogens is 265 g/mol. The normalized spacial score (nSPS) is 11.4. The summed E-state index contributed by atoms with van der Waals surface area (Å²) in [5.41, 5.74) is -0.672. The van der Waals surface area contributed by atoms with Gasteiger partial charge in [-0.1, -0.05) is 26.7 Å². The second-order valence-electron chi connectivity index (χ2n) is 5.19. The van der Waals surface area contributed by atoms with E-state index in [-0.39, 0.29) is 5.56 Å². The van der Waals surface area contributed by atoms with Crippen molar-refractivity contribution in [2.24, 2.45) is 5.92 Å². The molecule has 0 saturated carbocycles. The summed E-state index contributed by atoms with van der Waals surface area (Å²) in [6, 6.07) is 5.17. The van der Waals surface area contributed by atoms with Crippen molar-refractivity contribution in [3.8, 4) is 6.07 Å². The predicted octanol–water partition coefficient (Wildman–Crippen LogP) is 4.82. The molecule has 2 nitrogen and oxygen atoms in total. The SMILES string of the molecule is CC(C)CCCCNc1ccc(C(F)(F)F)c(C#N)c1. The summed E-state index contributed by atoms with van der Waals surface area (Å²) in [6.07, 6.45) is -1.31. The second kappa shape index (κ2) is 7.18. The van der Waals surface area contributed by atoms with Crippen molar-refractivity contribution in [3.63, 3.8) is 0 Å². The fraction of sp³-hybridized carbons (Fsp3) is 0.533. The molecule has 0 saturated heterocycles. The van der Waals surface area contributed by atoms with Gasteiger partial charge in [0.1, 0.15) is 0 Å². The fourth-order valence-electron chi connectivity index (χ4n) is 1.90. The van der Waals surface area contributed by atoms with Crippen molar-refractivity contribution in [1.29, 1.82) is 5.26 Å². The fourth-order valence-corrected chi connectivity index (χ4v) is 1.90. The lowest BCUT2D eigenvalue weighted by Gasteiger charge is -2.11. The maximum atomic E-state index is 12.6. The molecule has 20 heavy (non-hydrogen) atoms. The van der Waals surface area contributed by atoms with Crippen LogP contribution in [0.15, 0.2) is 18.2 Å². The number of nitrogens with one attached hydrogen (secondary N) is 1. The molecule has 0 amide bonds. The number of alkyl halides is 3. The second-order valence-corrected chi connectivity index (χ2v) is 5.19. The van der Waals surface area contributed by atoms with Gasteiger partial charge in [-0.2, -0.15) is 18.4 Å². The Morgan fingerprint density at radius 2 is 1.95 bits per heavy atom. The Labute approximate surface area is 117 Å². The summed E-state index contributed by atoms with van der Waals surface area (Å²) < 4.78 is 37.9. The predicted molar refractivity (Wildman–Crippen MR) is 73.3 cm³/mol. The van der Waals surface area contributed by atoms with E-state index in [0.717, 1.165) is 25.3 Å². The molecule has 0 aliphatic rings. The molecule has 0 fully saturated rings. The Bertz CT molecular complexity index is 473. The van der Waals surface area contributed by atoms with Crippen molar-refractivity contribution < 1.29 is 13.2 Å². The van der Waals surface area contributed by atoms with Gasteiger partial charge in [0.25, 0.3) is 0 Å². The molecule has 1 N–H and O–H groups in total. The summed E-state index contributed by atoms with van der Waals surface area (Å²) in [7, 11) is 0. The molecule has 0 aliphatic carbocycles. The highest BCUT2D eigenvalue weighted by molar-refractivity contribution is 5.53. The molecule has 0 bridgehead atoms. The largest absolute Gasteiger partial charge is 0.417 e. The third kappa shape index (κ3) is 5.12. The highest BCUT2D eigenvalue weighted by atomic mass is 19.4. The lowest BCUT2D eigenvalue weighted by Crippen LogP contribution is -2.09. The highest BCUT2D eigenvalue weighted by Crippen LogP contribution is 2.32. The molecule has 1 rings (SSSR count). The molecule has 0 radical (unpaired) electrons. The van der Waals surface area contributed by atoms with E-state index in [1.807, 2.05) is 0 Å². The number of anilines is 1. The third-order valence-electron chi connectivity index (χ3n) is 2.98.